The highest BCUT2D eigenvalue weighted by Gasteiger charge is 2.19. The highest BCUT2D eigenvalue weighted by atomic mass is 16.3. The zero-order valence-electron chi connectivity index (χ0n) is 17.4. The van der Waals surface area contributed by atoms with E-state index in [4.69, 9.17) is 10.1 Å². The molecule has 0 aliphatic heterocycles. The third-order valence-corrected chi connectivity index (χ3v) is 5.15. The number of aliphatic hydroxyl groups excluding tert-OH is 1. The van der Waals surface area contributed by atoms with E-state index in [1.807, 2.05) is 62.4 Å². The molecule has 0 aliphatic rings. The lowest BCUT2D eigenvalue weighted by Gasteiger charge is -2.10. The SMILES string of the molecule is Cc1c(-c2ccn(C)n2)cn2nc(-c3nccn3C)nc(Nc3ccc(CO)cn3)c12. The van der Waals surface area contributed by atoms with Crippen LogP contribution in [0.2, 0.25) is 0 Å². The predicted molar refractivity (Wildman–Crippen MR) is 116 cm³/mol. The largest absolute Gasteiger partial charge is 0.392 e. The molecule has 0 saturated heterocycles. The molecule has 0 aromatic carbocycles. The van der Waals surface area contributed by atoms with Gasteiger partial charge in [0.15, 0.2) is 11.6 Å². The summed E-state index contributed by atoms with van der Waals surface area (Å²) in [7, 11) is 3.79. The molecule has 0 saturated carbocycles. The number of fused-ring (bicyclic) bond motifs is 1. The van der Waals surface area contributed by atoms with Gasteiger partial charge < -0.3 is 15.0 Å². The standard InChI is InChI=1S/C21H21N9O/c1-13-15(16-6-8-29(3)26-16)11-30-18(13)19(24-17-5-4-14(12-31)10-23-17)25-20(27-30)21-22-7-9-28(21)2/h4-11,31H,12H2,1-3H3,(H,23,24,25,27). The number of aryl methyl sites for hydroxylation is 3. The molecule has 0 spiro atoms. The maximum absolute atomic E-state index is 9.28. The minimum Gasteiger partial charge on any atom is -0.392 e. The monoisotopic (exact) mass is 415 g/mol. The third kappa shape index (κ3) is 3.32. The Balaban J connectivity index is 1.69. The van der Waals surface area contributed by atoms with E-state index in [2.05, 4.69) is 20.4 Å². The van der Waals surface area contributed by atoms with Crippen LogP contribution in [-0.2, 0) is 20.7 Å². The molecule has 156 valence electrons. The van der Waals surface area contributed by atoms with Gasteiger partial charge >= 0.3 is 0 Å². The van der Waals surface area contributed by atoms with Crippen molar-refractivity contribution in [3.05, 3.63) is 60.3 Å². The number of nitrogens with one attached hydrogen (secondary N) is 1. The van der Waals surface area contributed by atoms with Gasteiger partial charge in [0.1, 0.15) is 11.3 Å². The van der Waals surface area contributed by atoms with Crippen LogP contribution in [0.25, 0.3) is 28.4 Å². The van der Waals surface area contributed by atoms with E-state index in [1.165, 1.54) is 0 Å². The Bertz CT molecular complexity index is 1380. The lowest BCUT2D eigenvalue weighted by molar-refractivity contribution is 0.281. The van der Waals surface area contributed by atoms with Gasteiger partial charge in [-0.2, -0.15) is 5.10 Å². The zero-order chi connectivity index (χ0) is 21.5. The second kappa shape index (κ2) is 7.33. The van der Waals surface area contributed by atoms with Crippen molar-refractivity contribution in [1.29, 1.82) is 0 Å². The number of rotatable bonds is 5. The van der Waals surface area contributed by atoms with E-state index in [1.54, 1.807) is 21.6 Å². The van der Waals surface area contributed by atoms with Crippen molar-refractivity contribution in [2.45, 2.75) is 13.5 Å². The summed E-state index contributed by atoms with van der Waals surface area (Å²) >= 11 is 0. The molecule has 5 rings (SSSR count). The molecule has 5 aromatic rings. The van der Waals surface area contributed by atoms with Gasteiger partial charge in [-0.25, -0.2) is 19.5 Å². The minimum atomic E-state index is -0.0560. The van der Waals surface area contributed by atoms with Crippen LogP contribution in [-0.4, -0.2) is 44.0 Å². The summed E-state index contributed by atoms with van der Waals surface area (Å²) in [5, 5.41) is 21.8. The Kier molecular flexibility index (Phi) is 4.48. The van der Waals surface area contributed by atoms with E-state index >= 15 is 0 Å². The van der Waals surface area contributed by atoms with Crippen LogP contribution in [0.3, 0.4) is 0 Å². The molecular formula is C21H21N9O. The van der Waals surface area contributed by atoms with E-state index in [9.17, 15) is 5.11 Å². The molecule has 0 bridgehead atoms. The maximum atomic E-state index is 9.28. The first-order valence-electron chi connectivity index (χ1n) is 9.74. The molecule has 0 amide bonds. The lowest BCUT2D eigenvalue weighted by atomic mass is 10.1. The first kappa shape index (κ1) is 18.9. The Labute approximate surface area is 177 Å². The third-order valence-electron chi connectivity index (χ3n) is 5.15. The summed E-state index contributed by atoms with van der Waals surface area (Å²) in [4.78, 5) is 13.5. The molecule has 2 N–H and O–H groups in total. The van der Waals surface area contributed by atoms with Gasteiger partial charge in [-0.05, 0) is 30.2 Å². The van der Waals surface area contributed by atoms with Gasteiger partial charge in [0.25, 0.3) is 0 Å². The van der Waals surface area contributed by atoms with Crippen molar-refractivity contribution in [2.75, 3.05) is 5.32 Å². The normalized spacial score (nSPS) is 11.4. The number of aliphatic hydroxyl groups is 1. The Morgan fingerprint density at radius 2 is 1.94 bits per heavy atom. The molecule has 10 nitrogen and oxygen atoms in total. The highest BCUT2D eigenvalue weighted by molar-refractivity contribution is 5.83. The summed E-state index contributed by atoms with van der Waals surface area (Å²) in [5.74, 6) is 2.36. The number of anilines is 2. The van der Waals surface area contributed by atoms with Crippen LogP contribution in [0.1, 0.15) is 11.1 Å². The van der Waals surface area contributed by atoms with Crippen molar-refractivity contribution >= 4 is 17.2 Å². The lowest BCUT2D eigenvalue weighted by Crippen LogP contribution is -2.06. The topological polar surface area (TPSA) is 111 Å². The number of hydrogen-bond donors (Lipinski definition) is 2. The van der Waals surface area contributed by atoms with Crippen LogP contribution in [0, 0.1) is 6.92 Å². The molecule has 5 heterocycles. The van der Waals surface area contributed by atoms with Gasteiger partial charge in [-0.3, -0.25) is 4.68 Å². The maximum Gasteiger partial charge on any atom is 0.218 e. The highest BCUT2D eigenvalue weighted by Crippen LogP contribution is 2.32. The van der Waals surface area contributed by atoms with Gasteiger partial charge in [0.2, 0.25) is 5.82 Å². The smallest absolute Gasteiger partial charge is 0.218 e. The van der Waals surface area contributed by atoms with Crippen molar-refractivity contribution in [3.8, 4) is 22.9 Å². The number of nitrogens with zero attached hydrogens (tertiary/aromatic N) is 8. The molecule has 31 heavy (non-hydrogen) atoms. The first-order valence-corrected chi connectivity index (χ1v) is 9.74. The Morgan fingerprint density at radius 3 is 2.58 bits per heavy atom. The average molecular weight is 415 g/mol. The zero-order valence-corrected chi connectivity index (χ0v) is 17.4. The van der Waals surface area contributed by atoms with Gasteiger partial charge in [0.05, 0.1) is 12.3 Å². The summed E-state index contributed by atoms with van der Waals surface area (Å²) in [5.41, 5.74) is 4.40. The van der Waals surface area contributed by atoms with Crippen LogP contribution in [0.15, 0.2) is 49.2 Å². The van der Waals surface area contributed by atoms with Crippen LogP contribution in [0.5, 0.6) is 0 Å². The van der Waals surface area contributed by atoms with Crippen LogP contribution >= 0.6 is 0 Å². The van der Waals surface area contributed by atoms with Crippen molar-refractivity contribution in [3.63, 3.8) is 0 Å². The second-order valence-electron chi connectivity index (χ2n) is 7.32. The number of imidazole rings is 1. The second-order valence-corrected chi connectivity index (χ2v) is 7.32. The van der Waals surface area contributed by atoms with E-state index in [-0.39, 0.29) is 6.61 Å². The Hall–Kier alpha value is -4.05. The fraction of sp³-hybridized carbons (Fsp3) is 0.190. The Morgan fingerprint density at radius 1 is 1.06 bits per heavy atom. The van der Waals surface area contributed by atoms with Crippen LogP contribution < -0.4 is 5.32 Å². The van der Waals surface area contributed by atoms with Crippen molar-refractivity contribution in [1.82, 2.24) is 38.9 Å². The molecule has 10 heteroatoms. The summed E-state index contributed by atoms with van der Waals surface area (Å²) < 4.78 is 5.45. The molecule has 0 unspecified atom stereocenters. The molecule has 0 radical (unpaired) electrons. The first-order chi connectivity index (χ1) is 15.0. The summed E-state index contributed by atoms with van der Waals surface area (Å²) in [6, 6.07) is 5.59. The van der Waals surface area contributed by atoms with Crippen molar-refractivity contribution < 1.29 is 5.11 Å². The predicted octanol–water partition coefficient (Wildman–Crippen LogP) is 2.47. The quantitative estimate of drug-likeness (QED) is 0.454. The van der Waals surface area contributed by atoms with Crippen molar-refractivity contribution in [2.24, 2.45) is 14.1 Å². The number of aromatic nitrogens is 8. The molecule has 5 aromatic heterocycles. The van der Waals surface area contributed by atoms with Gasteiger partial charge in [-0.15, -0.1) is 5.10 Å². The average Bonchev–Trinajstić information content (AvgIpc) is 3.47. The summed E-state index contributed by atoms with van der Waals surface area (Å²) in [6.45, 7) is 1.97. The minimum absolute atomic E-state index is 0.0560. The fourth-order valence-corrected chi connectivity index (χ4v) is 3.52. The van der Waals surface area contributed by atoms with Gasteiger partial charge in [-0.1, -0.05) is 6.07 Å². The fourth-order valence-electron chi connectivity index (χ4n) is 3.52. The molecule has 0 aliphatic carbocycles. The molecule has 0 fully saturated rings. The van der Waals surface area contributed by atoms with E-state index in [0.717, 1.165) is 27.9 Å². The van der Waals surface area contributed by atoms with Gasteiger partial charge in [0, 0.05) is 50.6 Å². The number of pyridine rings is 1. The number of hydrogen-bond acceptors (Lipinski definition) is 7. The molecular weight excluding hydrogens is 394 g/mol. The molecule has 0 atom stereocenters. The summed E-state index contributed by atoms with van der Waals surface area (Å²) in [6.07, 6.45) is 9.06. The van der Waals surface area contributed by atoms with E-state index < -0.39 is 0 Å². The van der Waals surface area contributed by atoms with Crippen LogP contribution in [0.4, 0.5) is 11.6 Å². The van der Waals surface area contributed by atoms with E-state index in [0.29, 0.717) is 23.3 Å².